The Kier molecular flexibility index (Phi) is 3.43. The lowest BCUT2D eigenvalue weighted by Crippen LogP contribution is -2.53. The molecule has 2 N–H and O–H groups in total. The summed E-state index contributed by atoms with van der Waals surface area (Å²) in [6.45, 7) is 2.31. The van der Waals surface area contributed by atoms with E-state index in [0.29, 0.717) is 26.2 Å². The first kappa shape index (κ1) is 11.7. The van der Waals surface area contributed by atoms with Crippen LogP contribution in [0.5, 0.6) is 0 Å². The summed E-state index contributed by atoms with van der Waals surface area (Å²) in [7, 11) is 0. The van der Waals surface area contributed by atoms with Gasteiger partial charge in [-0.2, -0.15) is 0 Å². The van der Waals surface area contributed by atoms with Crippen molar-refractivity contribution in [2.24, 2.45) is 5.84 Å². The maximum atomic E-state index is 11.7. The molecule has 2 amide bonds. The third-order valence-electron chi connectivity index (χ3n) is 2.85. The van der Waals surface area contributed by atoms with Gasteiger partial charge in [-0.05, 0) is 12.5 Å². The van der Waals surface area contributed by atoms with Gasteiger partial charge >= 0.3 is 6.03 Å². The summed E-state index contributed by atoms with van der Waals surface area (Å²) < 4.78 is 1.59. The highest BCUT2D eigenvalue weighted by molar-refractivity contribution is 5.74. The van der Waals surface area contributed by atoms with Gasteiger partial charge in [0.25, 0.3) is 5.56 Å². The standard InChI is InChI=1S/C11H16N4O2/c12-15-7-3-6-14(11(15)17)9-8-13-5-2-1-4-10(13)16/h1-2,4-5H,3,6-9,12H2. The fourth-order valence-electron chi connectivity index (χ4n) is 1.89. The van der Waals surface area contributed by atoms with Crippen LogP contribution in [0.2, 0.25) is 0 Å². The van der Waals surface area contributed by atoms with Crippen LogP contribution in [0, 0.1) is 0 Å². The number of nitrogens with zero attached hydrogens (tertiary/aromatic N) is 3. The molecule has 1 aliphatic rings. The second-order valence-corrected chi connectivity index (χ2v) is 4.05. The molecule has 1 saturated heterocycles. The Hall–Kier alpha value is -1.82. The van der Waals surface area contributed by atoms with Gasteiger partial charge in [0.15, 0.2) is 0 Å². The highest BCUT2D eigenvalue weighted by atomic mass is 16.2. The molecule has 0 saturated carbocycles. The lowest BCUT2D eigenvalue weighted by atomic mass is 10.3. The van der Waals surface area contributed by atoms with E-state index in [1.165, 1.54) is 11.1 Å². The number of rotatable bonds is 3. The zero-order valence-electron chi connectivity index (χ0n) is 9.58. The average molecular weight is 236 g/mol. The Morgan fingerprint density at radius 2 is 2.00 bits per heavy atom. The van der Waals surface area contributed by atoms with Crippen LogP contribution in [0.4, 0.5) is 4.79 Å². The van der Waals surface area contributed by atoms with E-state index in [1.54, 1.807) is 27.8 Å². The quantitative estimate of drug-likeness (QED) is 0.586. The molecule has 0 atom stereocenters. The molecule has 2 rings (SSSR count). The van der Waals surface area contributed by atoms with Crippen molar-refractivity contribution in [2.45, 2.75) is 13.0 Å². The number of urea groups is 1. The molecule has 1 aromatic heterocycles. The molecule has 6 nitrogen and oxygen atoms in total. The van der Waals surface area contributed by atoms with E-state index >= 15 is 0 Å². The second kappa shape index (κ2) is 5.01. The molecule has 2 heterocycles. The first-order valence-corrected chi connectivity index (χ1v) is 5.65. The van der Waals surface area contributed by atoms with Crippen molar-refractivity contribution in [1.29, 1.82) is 0 Å². The molecule has 1 fully saturated rings. The summed E-state index contributed by atoms with van der Waals surface area (Å²) in [5.74, 6) is 5.54. The summed E-state index contributed by atoms with van der Waals surface area (Å²) in [5, 5.41) is 1.22. The largest absolute Gasteiger partial charge is 0.334 e. The Balaban J connectivity index is 1.96. The summed E-state index contributed by atoms with van der Waals surface area (Å²) in [6.07, 6.45) is 2.59. The molecule has 1 aromatic rings. The zero-order chi connectivity index (χ0) is 12.3. The fraction of sp³-hybridized carbons (Fsp3) is 0.455. The minimum atomic E-state index is -0.166. The van der Waals surface area contributed by atoms with Crippen LogP contribution < -0.4 is 11.4 Å². The number of amides is 2. The molecule has 0 aromatic carbocycles. The van der Waals surface area contributed by atoms with E-state index in [4.69, 9.17) is 5.84 Å². The van der Waals surface area contributed by atoms with Crippen molar-refractivity contribution < 1.29 is 4.79 Å². The van der Waals surface area contributed by atoms with E-state index in [0.717, 1.165) is 6.42 Å². The minimum absolute atomic E-state index is 0.0541. The van der Waals surface area contributed by atoms with Gasteiger partial charge in [0.1, 0.15) is 0 Å². The number of pyridine rings is 1. The summed E-state index contributed by atoms with van der Waals surface area (Å²) in [5.41, 5.74) is -0.0541. The van der Waals surface area contributed by atoms with Gasteiger partial charge in [0.05, 0.1) is 0 Å². The van der Waals surface area contributed by atoms with Crippen LogP contribution in [0.1, 0.15) is 6.42 Å². The molecule has 0 aliphatic carbocycles. The average Bonchev–Trinajstić information content (AvgIpc) is 2.33. The predicted octanol–water partition coefficient (Wildman–Crippen LogP) is -0.150. The molecule has 0 bridgehead atoms. The van der Waals surface area contributed by atoms with Crippen molar-refractivity contribution >= 4 is 6.03 Å². The first-order chi connectivity index (χ1) is 8.18. The number of nitrogens with two attached hydrogens (primary N) is 1. The third-order valence-corrected chi connectivity index (χ3v) is 2.85. The smallest absolute Gasteiger partial charge is 0.322 e. The van der Waals surface area contributed by atoms with Crippen molar-refractivity contribution in [3.05, 3.63) is 34.7 Å². The van der Waals surface area contributed by atoms with E-state index in [2.05, 4.69) is 0 Å². The Morgan fingerprint density at radius 3 is 2.76 bits per heavy atom. The lowest BCUT2D eigenvalue weighted by Gasteiger charge is -2.32. The molecular formula is C11H16N4O2. The van der Waals surface area contributed by atoms with Crippen molar-refractivity contribution in [2.75, 3.05) is 19.6 Å². The van der Waals surface area contributed by atoms with Crippen LogP contribution in [0.15, 0.2) is 29.2 Å². The topological polar surface area (TPSA) is 71.6 Å². The molecule has 17 heavy (non-hydrogen) atoms. The lowest BCUT2D eigenvalue weighted by molar-refractivity contribution is 0.128. The van der Waals surface area contributed by atoms with Gasteiger partial charge in [0.2, 0.25) is 0 Å². The van der Waals surface area contributed by atoms with Gasteiger partial charge in [-0.15, -0.1) is 0 Å². The van der Waals surface area contributed by atoms with Crippen LogP contribution >= 0.6 is 0 Å². The molecule has 0 unspecified atom stereocenters. The Morgan fingerprint density at radius 1 is 1.18 bits per heavy atom. The van der Waals surface area contributed by atoms with Crippen LogP contribution in [0.3, 0.4) is 0 Å². The van der Waals surface area contributed by atoms with Gasteiger partial charge in [0, 0.05) is 38.4 Å². The Bertz CT molecular complexity index is 457. The number of aromatic nitrogens is 1. The van der Waals surface area contributed by atoms with Crippen LogP contribution in [0.25, 0.3) is 0 Å². The molecular weight excluding hydrogens is 220 g/mol. The van der Waals surface area contributed by atoms with Gasteiger partial charge < -0.3 is 9.47 Å². The maximum Gasteiger partial charge on any atom is 0.334 e. The third kappa shape index (κ3) is 2.65. The zero-order valence-corrected chi connectivity index (χ0v) is 9.58. The van der Waals surface area contributed by atoms with Crippen LogP contribution in [-0.2, 0) is 6.54 Å². The molecule has 0 radical (unpaired) electrons. The van der Waals surface area contributed by atoms with E-state index < -0.39 is 0 Å². The summed E-state index contributed by atoms with van der Waals surface area (Å²) in [4.78, 5) is 24.8. The highest BCUT2D eigenvalue weighted by Crippen LogP contribution is 2.04. The van der Waals surface area contributed by atoms with Gasteiger partial charge in [-0.3, -0.25) is 9.80 Å². The first-order valence-electron chi connectivity index (χ1n) is 5.65. The van der Waals surface area contributed by atoms with E-state index in [1.807, 2.05) is 0 Å². The van der Waals surface area contributed by atoms with Crippen molar-refractivity contribution in [1.82, 2.24) is 14.5 Å². The van der Waals surface area contributed by atoms with Crippen LogP contribution in [-0.4, -0.2) is 40.1 Å². The number of carbonyl (C=O) groups excluding carboxylic acids is 1. The van der Waals surface area contributed by atoms with Gasteiger partial charge in [-0.25, -0.2) is 10.6 Å². The fourth-order valence-corrected chi connectivity index (χ4v) is 1.89. The predicted molar refractivity (Wildman–Crippen MR) is 63.2 cm³/mol. The number of hydrazine groups is 1. The highest BCUT2D eigenvalue weighted by Gasteiger charge is 2.22. The Labute approximate surface area is 99.2 Å². The normalized spacial score (nSPS) is 16.4. The SMILES string of the molecule is NN1CCCN(CCn2ccccc2=O)C1=O. The molecule has 1 aliphatic heterocycles. The molecule has 92 valence electrons. The summed E-state index contributed by atoms with van der Waals surface area (Å²) in [6, 6.07) is 4.84. The second-order valence-electron chi connectivity index (χ2n) is 4.05. The minimum Gasteiger partial charge on any atom is -0.322 e. The number of carbonyl (C=O) groups is 1. The monoisotopic (exact) mass is 236 g/mol. The maximum absolute atomic E-state index is 11.7. The molecule has 0 spiro atoms. The van der Waals surface area contributed by atoms with Gasteiger partial charge in [-0.1, -0.05) is 6.07 Å². The molecule has 6 heteroatoms. The number of hydrogen-bond donors (Lipinski definition) is 1. The summed E-state index contributed by atoms with van der Waals surface area (Å²) >= 11 is 0. The van der Waals surface area contributed by atoms with E-state index in [-0.39, 0.29) is 11.6 Å². The van der Waals surface area contributed by atoms with E-state index in [9.17, 15) is 9.59 Å². The van der Waals surface area contributed by atoms with Crippen molar-refractivity contribution in [3.8, 4) is 0 Å². The van der Waals surface area contributed by atoms with Crippen molar-refractivity contribution in [3.63, 3.8) is 0 Å². The number of hydrogen-bond acceptors (Lipinski definition) is 3.